The van der Waals surface area contributed by atoms with E-state index < -0.39 is 7.04 Å². The Hall–Kier alpha value is -1.55. The molecule has 0 aliphatic carbocycles. The number of methoxy groups -OCH3 is 2. The molecule has 0 bridgehead atoms. The molecule has 23 heavy (non-hydrogen) atoms. The number of piperidine rings is 1. The summed E-state index contributed by atoms with van der Waals surface area (Å²) in [4.78, 5) is 15.0. The van der Waals surface area contributed by atoms with Gasteiger partial charge in [0.05, 0.1) is 21.0 Å². The number of hydrogen-bond acceptors (Lipinski definition) is 4. The van der Waals surface area contributed by atoms with Crippen LogP contribution in [-0.4, -0.2) is 37.9 Å². The van der Waals surface area contributed by atoms with E-state index in [9.17, 15) is 4.79 Å². The van der Waals surface area contributed by atoms with Crippen LogP contribution in [0.4, 0.5) is 0 Å². The summed E-state index contributed by atoms with van der Waals surface area (Å²) in [6, 6.07) is -0.320. The fourth-order valence-electron chi connectivity index (χ4n) is 3.77. The van der Waals surface area contributed by atoms with Crippen molar-refractivity contribution in [1.82, 2.24) is 4.90 Å². The van der Waals surface area contributed by atoms with Crippen molar-refractivity contribution in [3.8, 4) is 11.5 Å². The summed E-state index contributed by atoms with van der Waals surface area (Å²) in [7, 11) is -1.41. The molecule has 0 N–H and O–H groups in total. The molecule has 0 aromatic heterocycles. The number of fused-ring (bicyclic) bond motifs is 3. The lowest BCUT2D eigenvalue weighted by Crippen LogP contribution is -2.46. The van der Waals surface area contributed by atoms with E-state index in [1.807, 2.05) is 0 Å². The van der Waals surface area contributed by atoms with Crippen molar-refractivity contribution in [2.45, 2.75) is 39.2 Å². The molecule has 2 aliphatic heterocycles. The highest BCUT2D eigenvalue weighted by atomic mass is 16.5. The third-order valence-corrected chi connectivity index (χ3v) is 4.83. The summed E-state index contributed by atoms with van der Waals surface area (Å²) < 4.78 is 49.4. The standard InChI is InChI=1S/C19H27NO3/c1-12(2)7-14-11-20-6-5-13-8-18(22-3)19(23-4)9-15(13)16(20)10-17(14)21/h8-9,12,14,16H,5-7,10-11H2,1-4H3/i3D3,8D,9D. The number of rotatable bonds is 4. The SMILES string of the molecule is [2H]c1c2c(c([2H])c(OC)c1OC([2H])([2H])[2H])C1CC(=O)C(CC(C)C)CN1CC2. The topological polar surface area (TPSA) is 38.8 Å². The van der Waals surface area contributed by atoms with E-state index in [0.29, 0.717) is 43.0 Å². The first kappa shape index (κ1) is 11.1. The highest BCUT2D eigenvalue weighted by molar-refractivity contribution is 5.83. The van der Waals surface area contributed by atoms with Gasteiger partial charge >= 0.3 is 0 Å². The summed E-state index contributed by atoms with van der Waals surface area (Å²) >= 11 is 0. The van der Waals surface area contributed by atoms with Crippen molar-refractivity contribution >= 4 is 5.78 Å². The second-order valence-corrected chi connectivity index (χ2v) is 6.86. The molecule has 1 aromatic rings. The Balaban J connectivity index is 2.03. The summed E-state index contributed by atoms with van der Waals surface area (Å²) in [5.74, 6) is 0.352. The van der Waals surface area contributed by atoms with Crippen LogP contribution < -0.4 is 9.47 Å². The maximum atomic E-state index is 12.7. The highest BCUT2D eigenvalue weighted by Gasteiger charge is 2.38. The zero-order chi connectivity index (χ0) is 20.8. The molecule has 2 aliphatic rings. The Morgan fingerprint density at radius 2 is 2.17 bits per heavy atom. The Morgan fingerprint density at radius 3 is 2.87 bits per heavy atom. The van der Waals surface area contributed by atoms with E-state index >= 15 is 0 Å². The average molecular weight is 322 g/mol. The van der Waals surface area contributed by atoms with E-state index in [1.165, 1.54) is 7.11 Å². The van der Waals surface area contributed by atoms with Crippen LogP contribution >= 0.6 is 0 Å². The summed E-state index contributed by atoms with van der Waals surface area (Å²) in [5.41, 5.74) is 1.18. The van der Waals surface area contributed by atoms with Gasteiger partial charge in [-0.3, -0.25) is 9.69 Å². The lowest BCUT2D eigenvalue weighted by atomic mass is 9.80. The molecule has 1 fully saturated rings. The number of carbonyl (C=O) groups excluding carboxylic acids is 1. The number of ether oxygens (including phenoxy) is 2. The van der Waals surface area contributed by atoms with Gasteiger partial charge in [0.1, 0.15) is 5.78 Å². The third kappa shape index (κ3) is 3.09. The third-order valence-electron chi connectivity index (χ3n) is 4.83. The molecule has 4 heteroatoms. The average Bonchev–Trinajstić information content (AvgIpc) is 2.58. The van der Waals surface area contributed by atoms with Crippen molar-refractivity contribution in [3.63, 3.8) is 0 Å². The molecular formula is C19H27NO3. The van der Waals surface area contributed by atoms with Crippen molar-refractivity contribution in [3.05, 3.63) is 23.2 Å². The Morgan fingerprint density at radius 1 is 1.39 bits per heavy atom. The zero-order valence-electron chi connectivity index (χ0n) is 18.9. The highest BCUT2D eigenvalue weighted by Crippen LogP contribution is 2.42. The monoisotopic (exact) mass is 322 g/mol. The van der Waals surface area contributed by atoms with Gasteiger partial charge in [0, 0.05) is 31.5 Å². The van der Waals surface area contributed by atoms with Gasteiger partial charge in [-0.2, -0.15) is 0 Å². The summed E-state index contributed by atoms with van der Waals surface area (Å²) in [6.07, 6.45) is 1.67. The lowest BCUT2D eigenvalue weighted by molar-refractivity contribution is -0.129. The van der Waals surface area contributed by atoms with Gasteiger partial charge in [-0.1, -0.05) is 13.8 Å². The number of Topliss-reactive ketones (excluding diaryl/α,β-unsaturated/α-hetero) is 1. The quantitative estimate of drug-likeness (QED) is 0.853. The molecule has 3 rings (SSSR count). The van der Waals surface area contributed by atoms with Gasteiger partial charge in [-0.25, -0.2) is 0 Å². The molecule has 4 nitrogen and oxygen atoms in total. The van der Waals surface area contributed by atoms with Gasteiger partial charge in [-0.05, 0) is 42.0 Å². The summed E-state index contributed by atoms with van der Waals surface area (Å²) in [6.45, 7) is 5.54. The van der Waals surface area contributed by atoms with Crippen molar-refractivity contribution < 1.29 is 21.1 Å². The Kier molecular flexibility index (Phi) is 3.14. The molecular weight excluding hydrogens is 290 g/mol. The number of carbonyl (C=O) groups is 1. The van der Waals surface area contributed by atoms with Crippen LogP contribution in [0.15, 0.2) is 12.1 Å². The molecule has 1 aromatic carbocycles. The molecule has 0 amide bonds. The smallest absolute Gasteiger partial charge is 0.161 e. The Bertz CT molecular complexity index is 778. The van der Waals surface area contributed by atoms with E-state index in [4.69, 9.17) is 16.3 Å². The second kappa shape index (κ2) is 6.52. The number of hydrogen-bond donors (Lipinski definition) is 0. The van der Waals surface area contributed by atoms with Gasteiger partial charge in [-0.15, -0.1) is 0 Å². The zero-order valence-corrected chi connectivity index (χ0v) is 13.9. The molecule has 0 spiro atoms. The Labute approximate surface area is 145 Å². The maximum Gasteiger partial charge on any atom is 0.161 e. The van der Waals surface area contributed by atoms with Crippen LogP contribution in [0.2, 0.25) is 0 Å². The van der Waals surface area contributed by atoms with E-state index in [-0.39, 0.29) is 41.3 Å². The number of benzene rings is 1. The largest absolute Gasteiger partial charge is 0.493 e. The molecule has 0 radical (unpaired) electrons. The van der Waals surface area contributed by atoms with Gasteiger partial charge in [0.15, 0.2) is 11.5 Å². The fourth-order valence-corrected chi connectivity index (χ4v) is 3.77. The fraction of sp³-hybridized carbons (Fsp3) is 0.632. The molecule has 1 saturated heterocycles. The first-order valence-corrected chi connectivity index (χ1v) is 8.19. The van der Waals surface area contributed by atoms with Crippen molar-refractivity contribution in [2.75, 3.05) is 27.2 Å². The van der Waals surface area contributed by atoms with Gasteiger partial charge in [0.25, 0.3) is 0 Å². The minimum absolute atomic E-state index is 0.00233. The van der Waals surface area contributed by atoms with E-state index in [1.54, 1.807) is 0 Å². The van der Waals surface area contributed by atoms with Crippen LogP contribution in [0, 0.1) is 11.8 Å². The van der Waals surface area contributed by atoms with Crippen LogP contribution in [0.25, 0.3) is 0 Å². The normalized spacial score (nSPS) is 28.0. The van der Waals surface area contributed by atoms with E-state index in [2.05, 4.69) is 18.7 Å². The van der Waals surface area contributed by atoms with Crippen LogP contribution in [0.3, 0.4) is 0 Å². The molecule has 2 heterocycles. The number of ketones is 1. The van der Waals surface area contributed by atoms with Crippen LogP contribution in [-0.2, 0) is 11.2 Å². The predicted octanol–water partition coefficient (Wildman–Crippen LogP) is 3.24. The predicted molar refractivity (Wildman–Crippen MR) is 90.1 cm³/mol. The maximum absolute atomic E-state index is 12.7. The molecule has 2 unspecified atom stereocenters. The first-order chi connectivity index (χ1) is 13.0. The van der Waals surface area contributed by atoms with E-state index in [0.717, 1.165) is 6.42 Å². The van der Waals surface area contributed by atoms with Gasteiger partial charge < -0.3 is 9.47 Å². The lowest BCUT2D eigenvalue weighted by Gasteiger charge is -2.43. The van der Waals surface area contributed by atoms with Gasteiger partial charge in [0.2, 0.25) is 0 Å². The van der Waals surface area contributed by atoms with Crippen molar-refractivity contribution in [2.24, 2.45) is 11.8 Å². The molecule has 2 atom stereocenters. The first-order valence-electron chi connectivity index (χ1n) is 10.7. The van der Waals surface area contributed by atoms with Crippen LogP contribution in [0.5, 0.6) is 11.5 Å². The minimum atomic E-state index is -2.74. The molecule has 0 saturated carbocycles. The van der Waals surface area contributed by atoms with Crippen molar-refractivity contribution in [1.29, 1.82) is 0 Å². The molecule has 126 valence electrons. The van der Waals surface area contributed by atoms with Crippen LogP contribution in [0.1, 0.15) is 50.7 Å². The number of nitrogens with zero attached hydrogens (tertiary/aromatic N) is 1. The second-order valence-electron chi connectivity index (χ2n) is 6.86. The minimum Gasteiger partial charge on any atom is -0.493 e. The summed E-state index contributed by atoms with van der Waals surface area (Å²) in [5, 5.41) is 0.